The highest BCUT2D eigenvalue weighted by molar-refractivity contribution is 6.46. The molecule has 2 saturated heterocycles. The smallest absolute Gasteiger partial charge is 0.295 e. The molecule has 2 aliphatic rings. The van der Waals surface area contributed by atoms with Gasteiger partial charge in [0.2, 0.25) is 11.8 Å². The van der Waals surface area contributed by atoms with Gasteiger partial charge in [-0.1, -0.05) is 60.7 Å². The molecule has 8 heterocycles. The van der Waals surface area contributed by atoms with Gasteiger partial charge in [-0.25, -0.2) is 29.3 Å². The molecule has 0 unspecified atom stereocenters. The number of carbonyl (C=O) groups is 6. The van der Waals surface area contributed by atoms with Gasteiger partial charge in [0.15, 0.2) is 23.3 Å². The van der Waals surface area contributed by atoms with Crippen LogP contribution in [0.5, 0.6) is 11.5 Å². The summed E-state index contributed by atoms with van der Waals surface area (Å²) in [4.78, 5) is 106. The highest BCUT2D eigenvalue weighted by Crippen LogP contribution is 2.35. The number of ether oxygens (including phenoxy) is 4. The van der Waals surface area contributed by atoms with Crippen molar-refractivity contribution in [2.24, 2.45) is 0 Å². The number of nitriles is 2. The average molecular weight is 1140 g/mol. The third-order valence-electron chi connectivity index (χ3n) is 14.2. The van der Waals surface area contributed by atoms with Gasteiger partial charge in [-0.3, -0.25) is 28.8 Å². The Hall–Kier alpha value is -10.7. The van der Waals surface area contributed by atoms with Gasteiger partial charge < -0.3 is 49.3 Å². The van der Waals surface area contributed by atoms with Crippen LogP contribution in [-0.4, -0.2) is 161 Å². The van der Waals surface area contributed by atoms with Crippen LogP contribution in [0.3, 0.4) is 0 Å². The quantitative estimate of drug-likeness (QED) is 0.0340. The number of fused-ring (bicyclic) bond motifs is 2. The van der Waals surface area contributed by atoms with Crippen LogP contribution in [0.1, 0.15) is 69.2 Å². The number of pyridine rings is 2. The van der Waals surface area contributed by atoms with E-state index in [-0.39, 0.29) is 112 Å². The van der Waals surface area contributed by atoms with E-state index < -0.39 is 35.2 Å². The molecule has 0 bridgehead atoms. The highest BCUT2D eigenvalue weighted by atomic mass is 16.5. The number of aromatic nitrogens is 10. The van der Waals surface area contributed by atoms with Crippen LogP contribution in [0.25, 0.3) is 44.6 Å². The zero-order chi connectivity index (χ0) is 58.7. The minimum absolute atomic E-state index is 0.0892. The highest BCUT2D eigenvalue weighted by Gasteiger charge is 2.33. The van der Waals surface area contributed by atoms with Gasteiger partial charge in [-0.2, -0.15) is 10.5 Å². The van der Waals surface area contributed by atoms with Crippen molar-refractivity contribution in [2.75, 3.05) is 66.7 Å². The fraction of sp³-hybridized carbons (Fsp3) is 0.276. The van der Waals surface area contributed by atoms with Gasteiger partial charge in [-0.05, 0) is 48.0 Å². The van der Waals surface area contributed by atoms with Crippen LogP contribution >= 0.6 is 0 Å². The molecular weight excluding hydrogens is 1080 g/mol. The third kappa shape index (κ3) is 12.1. The number of likely N-dealkylation sites (tertiary alicyclic amines) is 2. The largest absolute Gasteiger partial charge is 0.494 e. The van der Waals surface area contributed by atoms with Gasteiger partial charge in [0.05, 0.1) is 82.8 Å². The van der Waals surface area contributed by atoms with Crippen molar-refractivity contribution >= 4 is 68.1 Å². The number of H-pyrrole nitrogens is 2. The fourth-order valence-electron chi connectivity index (χ4n) is 10.0. The third-order valence-corrected chi connectivity index (χ3v) is 14.2. The number of benzene rings is 2. The van der Waals surface area contributed by atoms with Crippen LogP contribution in [-0.2, 0) is 41.9 Å². The Morgan fingerprint density at radius 1 is 0.571 bits per heavy atom. The van der Waals surface area contributed by atoms with Crippen molar-refractivity contribution in [2.45, 2.75) is 38.9 Å². The van der Waals surface area contributed by atoms with Crippen LogP contribution in [0.2, 0.25) is 0 Å². The summed E-state index contributed by atoms with van der Waals surface area (Å²) in [6.07, 6.45) is 10.3. The van der Waals surface area contributed by atoms with Crippen molar-refractivity contribution in [3.63, 3.8) is 0 Å². The van der Waals surface area contributed by atoms with E-state index in [1.54, 1.807) is 0 Å². The summed E-state index contributed by atoms with van der Waals surface area (Å²) in [5.41, 5.74) is 5.56. The molecule has 26 nitrogen and oxygen atoms in total. The van der Waals surface area contributed by atoms with Crippen LogP contribution in [0, 0.1) is 22.7 Å². The van der Waals surface area contributed by atoms with E-state index in [1.165, 1.54) is 70.8 Å². The number of methoxy groups -OCH3 is 2. The number of nitrogens with one attached hydrogen (secondary N) is 4. The summed E-state index contributed by atoms with van der Waals surface area (Å²) < 4.78 is 24.9. The number of Topliss-reactive ketones (excluding diaryl/α,β-unsaturated/α-hetero) is 2. The lowest BCUT2D eigenvalue weighted by molar-refractivity contribution is -0.127. The second-order valence-electron chi connectivity index (χ2n) is 19.3. The Morgan fingerprint density at radius 3 is 1.33 bits per heavy atom. The average Bonchev–Trinajstić information content (AvgIpc) is 3.50. The molecule has 0 saturated carbocycles. The number of ketones is 2. The lowest BCUT2D eigenvalue weighted by Crippen LogP contribution is -2.40. The molecule has 6 aromatic heterocycles. The summed E-state index contributed by atoms with van der Waals surface area (Å²) in [6.45, 7) is 0.328. The van der Waals surface area contributed by atoms with Crippen molar-refractivity contribution in [3.8, 4) is 35.3 Å². The molecule has 0 radical (unpaired) electrons. The maximum atomic E-state index is 13.8. The molecule has 2 aromatic carbocycles. The van der Waals surface area contributed by atoms with E-state index in [9.17, 15) is 39.3 Å². The number of aromatic amines is 2. The number of allylic oxidation sites excluding steroid dienone is 2. The van der Waals surface area contributed by atoms with Crippen LogP contribution in [0.15, 0.2) is 109 Å². The Morgan fingerprint density at radius 2 is 0.964 bits per heavy atom. The van der Waals surface area contributed by atoms with E-state index in [0.717, 1.165) is 22.3 Å². The number of hydrogen-bond acceptors (Lipinski definition) is 18. The standard InChI is InChI=1S/C58H54N16O10/c1-81-43-27-65-55(51-49(43)41(25-63-51)53(77)57(79)71-19-13-37(14-20-71)39(23-59)35-9-5-3-6-10-35)73-33-67-45(69-73)29-83-31-47(75)61-17-18-62-48(76)32-84-30-46-68-34-74(70-46)56-52-50(44(82-2)28-66-56)42(26-64-52)54(78)58(80)72-21-15-38(16-22-72)40(24-60)36-11-7-4-8-12-36/h3-12,25-28,33-34,63-64H,13-22,29-32H2,1-2H3,(H,61,75)(H,62,76). The maximum absolute atomic E-state index is 13.8. The lowest BCUT2D eigenvalue weighted by Gasteiger charge is -2.28. The zero-order valence-corrected chi connectivity index (χ0v) is 45.6. The summed E-state index contributed by atoms with van der Waals surface area (Å²) in [7, 11) is 2.85. The molecular formula is C58H54N16O10. The molecule has 0 aliphatic carbocycles. The first-order valence-corrected chi connectivity index (χ1v) is 26.6. The molecule has 26 heteroatoms. The summed E-state index contributed by atoms with van der Waals surface area (Å²) in [5, 5.41) is 34.6. The van der Waals surface area contributed by atoms with Gasteiger partial charge in [0.25, 0.3) is 23.4 Å². The minimum atomic E-state index is -0.737. The van der Waals surface area contributed by atoms with E-state index in [1.807, 2.05) is 60.7 Å². The number of rotatable bonds is 21. The first-order valence-electron chi connectivity index (χ1n) is 26.6. The van der Waals surface area contributed by atoms with Crippen LogP contribution < -0.4 is 20.1 Å². The molecule has 2 fully saturated rings. The normalized spacial score (nSPS) is 13.3. The molecule has 84 heavy (non-hydrogen) atoms. The Labute approximate surface area is 478 Å². The van der Waals surface area contributed by atoms with E-state index in [0.29, 0.717) is 58.6 Å². The first kappa shape index (κ1) is 56.6. The Kier molecular flexibility index (Phi) is 17.4. The topological polar surface area (TPSA) is 336 Å². The molecule has 8 aromatic rings. The molecule has 2 aliphatic heterocycles. The van der Waals surface area contributed by atoms with Gasteiger partial charge >= 0.3 is 0 Å². The summed E-state index contributed by atoms with van der Waals surface area (Å²) in [5.74, 6) is -2.30. The molecule has 426 valence electrons. The maximum Gasteiger partial charge on any atom is 0.295 e. The molecule has 0 atom stereocenters. The van der Waals surface area contributed by atoms with Gasteiger partial charge in [-0.15, -0.1) is 10.2 Å². The molecule has 4 amide bonds. The monoisotopic (exact) mass is 1130 g/mol. The molecule has 0 spiro atoms. The molecule has 4 N–H and O–H groups in total. The number of amides is 4. The van der Waals surface area contributed by atoms with Gasteiger partial charge in [0, 0.05) is 51.7 Å². The lowest BCUT2D eigenvalue weighted by atomic mass is 9.93. The predicted octanol–water partition coefficient (Wildman–Crippen LogP) is 4.15. The minimum Gasteiger partial charge on any atom is -0.494 e. The van der Waals surface area contributed by atoms with Crippen molar-refractivity contribution in [3.05, 3.63) is 143 Å². The van der Waals surface area contributed by atoms with Crippen LogP contribution in [0.4, 0.5) is 0 Å². The number of nitrogens with zero attached hydrogens (tertiary/aromatic N) is 12. The van der Waals surface area contributed by atoms with Crippen molar-refractivity contribution in [1.29, 1.82) is 10.5 Å². The summed E-state index contributed by atoms with van der Waals surface area (Å²) >= 11 is 0. The van der Waals surface area contributed by atoms with Crippen molar-refractivity contribution in [1.82, 2.24) is 69.9 Å². The van der Waals surface area contributed by atoms with E-state index in [2.05, 4.69) is 62.9 Å². The first-order chi connectivity index (χ1) is 41.0. The van der Waals surface area contributed by atoms with Crippen molar-refractivity contribution < 1.29 is 47.7 Å². The number of piperidine rings is 2. The second-order valence-corrected chi connectivity index (χ2v) is 19.3. The zero-order valence-electron chi connectivity index (χ0n) is 45.6. The summed E-state index contributed by atoms with van der Waals surface area (Å²) in [6, 6.07) is 23.3. The number of carbonyl (C=O) groups excluding carboxylic acids is 6. The number of hydrogen-bond donors (Lipinski definition) is 4. The van der Waals surface area contributed by atoms with Gasteiger partial charge in [0.1, 0.15) is 50.6 Å². The predicted molar refractivity (Wildman–Crippen MR) is 299 cm³/mol. The fourth-order valence-corrected chi connectivity index (χ4v) is 10.0. The Balaban J connectivity index is 0.651. The SMILES string of the molecule is COc1cnc(-n2cnc(COCC(=O)NCCNC(=O)COCc3ncn(-c4ncc(OC)c5c(C(=O)C(=O)N6CCC(=C(C#N)c7ccccc7)CC6)c[nH]c45)n3)n2)c2[nH]cc(C(=O)C(=O)N3CCC(=C(C#N)c4ccccc4)CC3)c12. The second kappa shape index (κ2) is 25.8. The Bertz CT molecular complexity index is 3700. The van der Waals surface area contributed by atoms with E-state index in [4.69, 9.17) is 18.9 Å². The molecule has 10 rings (SSSR count). The van der Waals surface area contributed by atoms with E-state index >= 15 is 0 Å².